The van der Waals surface area contributed by atoms with Gasteiger partial charge < -0.3 is 15.4 Å². The second-order valence-electron chi connectivity index (χ2n) is 6.11. The van der Waals surface area contributed by atoms with Crippen LogP contribution in [0.25, 0.3) is 11.1 Å². The monoisotopic (exact) mass is 390 g/mol. The summed E-state index contributed by atoms with van der Waals surface area (Å²) in [5, 5.41) is 7.73. The van der Waals surface area contributed by atoms with E-state index < -0.39 is 0 Å². The first-order valence-corrected chi connectivity index (χ1v) is 10.1. The number of esters is 1. The van der Waals surface area contributed by atoms with Gasteiger partial charge >= 0.3 is 5.97 Å². The lowest BCUT2D eigenvalue weighted by atomic mass is 10.0. The molecule has 1 aromatic carbocycles. The van der Waals surface area contributed by atoms with Crippen molar-refractivity contribution in [2.24, 2.45) is 0 Å². The first-order valence-electron chi connectivity index (χ1n) is 8.91. The van der Waals surface area contributed by atoms with E-state index in [0.717, 1.165) is 33.8 Å². The zero-order valence-corrected chi connectivity index (χ0v) is 17.4. The molecule has 0 saturated heterocycles. The highest BCUT2D eigenvalue weighted by Crippen LogP contribution is 2.40. The van der Waals surface area contributed by atoms with Crippen molar-refractivity contribution in [1.82, 2.24) is 5.32 Å². The number of thiocarbonyl (C=S) groups is 1. The maximum Gasteiger partial charge on any atom is 0.341 e. The number of hydrogen-bond donors (Lipinski definition) is 2. The number of carbonyl (C=O) groups excluding carboxylic acids is 1. The van der Waals surface area contributed by atoms with Crippen LogP contribution in [0.4, 0.5) is 5.00 Å². The van der Waals surface area contributed by atoms with Gasteiger partial charge in [-0.05, 0) is 45.0 Å². The molecule has 0 bridgehead atoms. The minimum Gasteiger partial charge on any atom is -0.462 e. The molecular formula is C20H26N2O2S2. The molecule has 140 valence electrons. The largest absolute Gasteiger partial charge is 0.462 e. The van der Waals surface area contributed by atoms with E-state index >= 15 is 0 Å². The summed E-state index contributed by atoms with van der Waals surface area (Å²) in [6, 6.07) is 10.2. The second-order valence-corrected chi connectivity index (χ2v) is 7.75. The van der Waals surface area contributed by atoms with E-state index in [1.165, 1.54) is 11.3 Å². The lowest BCUT2D eigenvalue weighted by Gasteiger charge is -2.16. The fraction of sp³-hybridized carbons (Fsp3) is 0.400. The first-order chi connectivity index (χ1) is 12.5. The first kappa shape index (κ1) is 20.4. The molecular weight excluding hydrogens is 364 g/mol. The molecule has 0 spiro atoms. The molecule has 0 aliphatic heterocycles. The molecule has 6 heteroatoms. The molecule has 0 radical (unpaired) electrons. The van der Waals surface area contributed by atoms with Gasteiger partial charge in [0.05, 0.1) is 6.61 Å². The zero-order valence-electron chi connectivity index (χ0n) is 15.7. The van der Waals surface area contributed by atoms with Crippen LogP contribution < -0.4 is 10.6 Å². The summed E-state index contributed by atoms with van der Waals surface area (Å²) in [6.07, 6.45) is 2.12. The van der Waals surface area contributed by atoms with Crippen molar-refractivity contribution < 1.29 is 9.53 Å². The second kappa shape index (κ2) is 9.69. The standard InChI is InChI=1S/C20H26N2O2S2/c1-5-10-13(3)21-20(25)22-18-17(19(23)24-6-2)16(14(4)26-18)15-11-8-7-9-12-15/h7-9,11-13H,5-6,10H2,1-4H3,(H2,21,22,25). The maximum absolute atomic E-state index is 12.7. The SMILES string of the molecule is CCCC(C)NC(=S)Nc1sc(C)c(-c2ccccc2)c1C(=O)OCC. The Hall–Kier alpha value is -1.92. The van der Waals surface area contributed by atoms with Crippen LogP contribution in [0.5, 0.6) is 0 Å². The van der Waals surface area contributed by atoms with Gasteiger partial charge in [-0.3, -0.25) is 0 Å². The number of rotatable bonds is 7. The Labute approximate surface area is 165 Å². The number of carbonyl (C=O) groups is 1. The van der Waals surface area contributed by atoms with Crippen LogP contribution in [0, 0.1) is 6.92 Å². The topological polar surface area (TPSA) is 50.4 Å². The number of benzene rings is 1. The predicted octanol–water partition coefficient (Wildman–Crippen LogP) is 5.38. The fourth-order valence-electron chi connectivity index (χ4n) is 2.85. The summed E-state index contributed by atoms with van der Waals surface area (Å²) in [7, 11) is 0. The third-order valence-corrected chi connectivity index (χ3v) is 5.19. The minimum atomic E-state index is -0.331. The Morgan fingerprint density at radius 3 is 2.58 bits per heavy atom. The third kappa shape index (κ3) is 5.05. The lowest BCUT2D eigenvalue weighted by Crippen LogP contribution is -2.35. The third-order valence-electron chi connectivity index (χ3n) is 3.95. The zero-order chi connectivity index (χ0) is 19.1. The molecule has 1 aromatic heterocycles. The molecule has 0 fully saturated rings. The summed E-state index contributed by atoms with van der Waals surface area (Å²) in [5.74, 6) is -0.331. The lowest BCUT2D eigenvalue weighted by molar-refractivity contribution is 0.0529. The molecule has 0 amide bonds. The normalized spacial score (nSPS) is 11.7. The van der Waals surface area contributed by atoms with Crippen LogP contribution in [0.3, 0.4) is 0 Å². The number of anilines is 1. The number of aryl methyl sites for hydroxylation is 1. The predicted molar refractivity (Wildman–Crippen MR) is 114 cm³/mol. The van der Waals surface area contributed by atoms with Gasteiger partial charge in [-0.15, -0.1) is 11.3 Å². The van der Waals surface area contributed by atoms with Crippen LogP contribution in [-0.2, 0) is 4.74 Å². The van der Waals surface area contributed by atoms with Crippen molar-refractivity contribution in [2.75, 3.05) is 11.9 Å². The average molecular weight is 391 g/mol. The van der Waals surface area contributed by atoms with Crippen LogP contribution >= 0.6 is 23.6 Å². The summed E-state index contributed by atoms with van der Waals surface area (Å²) < 4.78 is 5.31. The fourth-order valence-corrected chi connectivity index (χ4v) is 4.29. The van der Waals surface area contributed by atoms with Gasteiger partial charge in [-0.2, -0.15) is 0 Å². The van der Waals surface area contributed by atoms with E-state index in [4.69, 9.17) is 17.0 Å². The van der Waals surface area contributed by atoms with Gasteiger partial charge in [0.2, 0.25) is 0 Å². The summed E-state index contributed by atoms with van der Waals surface area (Å²) in [5.41, 5.74) is 2.45. The van der Waals surface area contributed by atoms with Gasteiger partial charge in [-0.1, -0.05) is 43.7 Å². The van der Waals surface area contributed by atoms with E-state index in [2.05, 4.69) is 24.5 Å². The Balaban J connectivity index is 2.37. The quantitative estimate of drug-likeness (QED) is 0.491. The summed E-state index contributed by atoms with van der Waals surface area (Å²) in [4.78, 5) is 13.7. The Bertz CT molecular complexity index is 757. The van der Waals surface area contributed by atoms with Crippen LogP contribution in [0.1, 0.15) is 48.8 Å². The summed E-state index contributed by atoms with van der Waals surface area (Å²) in [6.45, 7) is 8.39. The molecule has 1 heterocycles. The van der Waals surface area contributed by atoms with Crippen LogP contribution in [-0.4, -0.2) is 23.7 Å². The molecule has 26 heavy (non-hydrogen) atoms. The number of thiophene rings is 1. The van der Waals surface area contributed by atoms with Gasteiger partial charge in [0.1, 0.15) is 10.6 Å². The molecule has 0 aliphatic carbocycles. The average Bonchev–Trinajstić information content (AvgIpc) is 2.91. The smallest absolute Gasteiger partial charge is 0.341 e. The Morgan fingerprint density at radius 2 is 1.96 bits per heavy atom. The molecule has 0 saturated carbocycles. The molecule has 1 unspecified atom stereocenters. The van der Waals surface area contributed by atoms with E-state index in [1.807, 2.05) is 44.2 Å². The minimum absolute atomic E-state index is 0.278. The number of hydrogen-bond acceptors (Lipinski definition) is 4. The van der Waals surface area contributed by atoms with E-state index in [-0.39, 0.29) is 12.0 Å². The molecule has 2 rings (SSSR count). The molecule has 2 N–H and O–H groups in total. The van der Waals surface area contributed by atoms with Gasteiger partial charge in [0.15, 0.2) is 5.11 Å². The number of ether oxygens (including phenoxy) is 1. The van der Waals surface area contributed by atoms with Gasteiger partial charge in [0, 0.05) is 16.5 Å². The Kier molecular flexibility index (Phi) is 7.60. The highest BCUT2D eigenvalue weighted by molar-refractivity contribution is 7.80. The van der Waals surface area contributed by atoms with Crippen molar-refractivity contribution in [2.45, 2.75) is 46.6 Å². The van der Waals surface area contributed by atoms with Crippen molar-refractivity contribution in [3.63, 3.8) is 0 Å². The summed E-state index contributed by atoms with van der Waals surface area (Å²) >= 11 is 6.96. The van der Waals surface area contributed by atoms with Crippen molar-refractivity contribution in [1.29, 1.82) is 0 Å². The van der Waals surface area contributed by atoms with E-state index in [9.17, 15) is 4.79 Å². The van der Waals surface area contributed by atoms with Crippen molar-refractivity contribution >= 4 is 39.6 Å². The van der Waals surface area contributed by atoms with E-state index in [0.29, 0.717) is 17.3 Å². The van der Waals surface area contributed by atoms with E-state index in [1.54, 1.807) is 0 Å². The van der Waals surface area contributed by atoms with Crippen molar-refractivity contribution in [3.05, 3.63) is 40.8 Å². The van der Waals surface area contributed by atoms with Crippen LogP contribution in [0.2, 0.25) is 0 Å². The maximum atomic E-state index is 12.7. The number of nitrogens with one attached hydrogen (secondary N) is 2. The van der Waals surface area contributed by atoms with Gasteiger partial charge in [0.25, 0.3) is 0 Å². The molecule has 1 atom stereocenters. The molecule has 0 aliphatic rings. The van der Waals surface area contributed by atoms with Crippen LogP contribution in [0.15, 0.2) is 30.3 Å². The van der Waals surface area contributed by atoms with Gasteiger partial charge in [-0.25, -0.2) is 4.79 Å². The van der Waals surface area contributed by atoms with Crippen molar-refractivity contribution in [3.8, 4) is 11.1 Å². The Morgan fingerprint density at radius 1 is 1.27 bits per heavy atom. The molecule has 4 nitrogen and oxygen atoms in total. The highest BCUT2D eigenvalue weighted by Gasteiger charge is 2.25. The molecule has 2 aromatic rings. The highest BCUT2D eigenvalue weighted by atomic mass is 32.1.